The highest BCUT2D eigenvalue weighted by atomic mass is 32.2. The van der Waals surface area contributed by atoms with Crippen LogP contribution in [0.4, 0.5) is 0 Å². The molecule has 0 aliphatic heterocycles. The molecule has 0 saturated heterocycles. The molecule has 98 valence electrons. The summed E-state index contributed by atoms with van der Waals surface area (Å²) in [7, 11) is 0. The van der Waals surface area contributed by atoms with Gasteiger partial charge < -0.3 is 10.1 Å². The molecule has 0 bridgehead atoms. The molecule has 2 aromatic rings. The van der Waals surface area contributed by atoms with E-state index in [1.165, 1.54) is 6.07 Å². The van der Waals surface area contributed by atoms with Crippen molar-refractivity contribution in [3.05, 3.63) is 58.0 Å². The van der Waals surface area contributed by atoms with Crippen molar-refractivity contribution in [1.82, 2.24) is 9.97 Å². The minimum absolute atomic E-state index is 0.285. The number of hydrogen-bond donors (Lipinski definition) is 2. The maximum Gasteiger partial charge on any atom is 0.321 e. The summed E-state index contributed by atoms with van der Waals surface area (Å²) in [5.41, 5.74) is 0.930. The number of aromatic nitrogens is 2. The predicted octanol–water partition coefficient (Wildman–Crippen LogP) is 2.00. The van der Waals surface area contributed by atoms with Gasteiger partial charge in [0.25, 0.3) is 5.56 Å². The molecule has 6 heteroatoms. The lowest BCUT2D eigenvalue weighted by molar-refractivity contribution is -0.136. The summed E-state index contributed by atoms with van der Waals surface area (Å²) < 4.78 is 0. The van der Waals surface area contributed by atoms with Crippen molar-refractivity contribution < 1.29 is 9.90 Å². The van der Waals surface area contributed by atoms with Crippen LogP contribution < -0.4 is 5.56 Å². The van der Waals surface area contributed by atoms with Gasteiger partial charge in [-0.05, 0) is 12.5 Å². The largest absolute Gasteiger partial charge is 0.480 e. The first-order valence-corrected chi connectivity index (χ1v) is 6.46. The lowest BCUT2D eigenvalue weighted by Gasteiger charge is -2.11. The number of rotatable bonds is 4. The van der Waals surface area contributed by atoms with Gasteiger partial charge in [-0.2, -0.15) is 0 Å². The lowest BCUT2D eigenvalue weighted by atomic mass is 10.1. The van der Waals surface area contributed by atoms with Gasteiger partial charge >= 0.3 is 5.97 Å². The van der Waals surface area contributed by atoms with Gasteiger partial charge in [0.15, 0.2) is 5.16 Å². The van der Waals surface area contributed by atoms with Crippen molar-refractivity contribution in [1.29, 1.82) is 0 Å². The van der Waals surface area contributed by atoms with Gasteiger partial charge in [-0.25, -0.2) is 4.98 Å². The van der Waals surface area contributed by atoms with Crippen molar-refractivity contribution in [3.8, 4) is 0 Å². The van der Waals surface area contributed by atoms with Crippen LogP contribution >= 0.6 is 11.8 Å². The van der Waals surface area contributed by atoms with Crippen LogP contribution in [0.25, 0.3) is 0 Å². The average Bonchev–Trinajstić information content (AvgIpc) is 2.35. The van der Waals surface area contributed by atoms with Gasteiger partial charge in [-0.1, -0.05) is 42.1 Å². The summed E-state index contributed by atoms with van der Waals surface area (Å²) in [6.45, 7) is 1.69. The molecule has 0 spiro atoms. The molecule has 5 nitrogen and oxygen atoms in total. The van der Waals surface area contributed by atoms with E-state index < -0.39 is 11.2 Å². The number of aliphatic carboxylic acids is 1. The summed E-state index contributed by atoms with van der Waals surface area (Å²) in [4.78, 5) is 29.3. The number of hydrogen-bond acceptors (Lipinski definition) is 4. The number of carbonyl (C=O) groups is 1. The third-order valence-electron chi connectivity index (χ3n) is 2.40. The highest BCUT2D eigenvalue weighted by molar-refractivity contribution is 8.00. The van der Waals surface area contributed by atoms with E-state index in [2.05, 4.69) is 9.97 Å². The fourth-order valence-corrected chi connectivity index (χ4v) is 2.58. The van der Waals surface area contributed by atoms with Gasteiger partial charge in [0.2, 0.25) is 0 Å². The zero-order chi connectivity index (χ0) is 13.8. The molecular formula is C13H12N2O3S. The molecule has 0 fully saturated rings. The van der Waals surface area contributed by atoms with Gasteiger partial charge in [-0.15, -0.1) is 0 Å². The molecule has 1 aromatic carbocycles. The number of aromatic amines is 1. The van der Waals surface area contributed by atoms with Gasteiger partial charge in [0.1, 0.15) is 5.25 Å². The Kier molecular flexibility index (Phi) is 4.01. The Hall–Kier alpha value is -2.08. The number of H-pyrrole nitrogens is 1. The van der Waals surface area contributed by atoms with Crippen LogP contribution in [0.5, 0.6) is 0 Å². The summed E-state index contributed by atoms with van der Waals surface area (Å²) >= 11 is 1.01. The van der Waals surface area contributed by atoms with E-state index in [1.807, 2.05) is 6.07 Å². The Morgan fingerprint density at radius 2 is 2.05 bits per heavy atom. The molecule has 0 amide bonds. The van der Waals surface area contributed by atoms with Crippen molar-refractivity contribution in [2.45, 2.75) is 17.3 Å². The van der Waals surface area contributed by atoms with Crippen LogP contribution in [0, 0.1) is 6.92 Å². The normalized spacial score (nSPS) is 12.1. The maximum absolute atomic E-state index is 11.3. The number of thioether (sulfide) groups is 1. The second-order valence-corrected chi connectivity index (χ2v) is 5.03. The fourth-order valence-electron chi connectivity index (χ4n) is 1.61. The van der Waals surface area contributed by atoms with Crippen molar-refractivity contribution >= 4 is 17.7 Å². The Balaban J connectivity index is 2.32. The summed E-state index contributed by atoms with van der Waals surface area (Å²) in [5, 5.41) is 8.79. The van der Waals surface area contributed by atoms with E-state index in [-0.39, 0.29) is 5.56 Å². The topological polar surface area (TPSA) is 83.0 Å². The van der Waals surface area contributed by atoms with E-state index in [4.69, 9.17) is 0 Å². The zero-order valence-electron chi connectivity index (χ0n) is 10.2. The number of nitrogens with one attached hydrogen (secondary N) is 1. The van der Waals surface area contributed by atoms with Gasteiger partial charge in [0, 0.05) is 11.8 Å². The average molecular weight is 276 g/mol. The third kappa shape index (κ3) is 3.45. The molecule has 0 aliphatic rings. The first kappa shape index (κ1) is 13.4. The molecule has 1 atom stereocenters. The lowest BCUT2D eigenvalue weighted by Crippen LogP contribution is -2.12. The van der Waals surface area contributed by atoms with Crippen molar-refractivity contribution in [3.63, 3.8) is 0 Å². The van der Waals surface area contributed by atoms with Crippen LogP contribution in [0.1, 0.15) is 16.5 Å². The first-order valence-electron chi connectivity index (χ1n) is 5.58. The quantitative estimate of drug-likeness (QED) is 0.659. The predicted molar refractivity (Wildman–Crippen MR) is 72.3 cm³/mol. The van der Waals surface area contributed by atoms with Gasteiger partial charge in [-0.3, -0.25) is 9.59 Å². The summed E-state index contributed by atoms with van der Waals surface area (Å²) in [5.74, 6) is -0.972. The Bertz CT molecular complexity index is 640. The monoisotopic (exact) mass is 276 g/mol. The van der Waals surface area contributed by atoms with Crippen molar-refractivity contribution in [2.75, 3.05) is 0 Å². The van der Waals surface area contributed by atoms with Crippen molar-refractivity contribution in [2.24, 2.45) is 0 Å². The minimum atomic E-state index is -0.972. The summed E-state index contributed by atoms with van der Waals surface area (Å²) in [6.07, 6.45) is 0. The Labute approximate surface area is 113 Å². The van der Waals surface area contributed by atoms with Crippen LogP contribution in [0.2, 0.25) is 0 Å². The van der Waals surface area contributed by atoms with E-state index in [0.29, 0.717) is 16.4 Å². The second-order valence-electron chi connectivity index (χ2n) is 3.94. The molecule has 0 unspecified atom stereocenters. The SMILES string of the molecule is Cc1cc(=O)[nH]c(S[C@@H](C(=O)O)c2ccccc2)n1. The van der Waals surface area contributed by atoms with E-state index in [0.717, 1.165) is 11.8 Å². The van der Waals surface area contributed by atoms with E-state index in [1.54, 1.807) is 31.2 Å². The first-order chi connectivity index (χ1) is 9.06. The highest BCUT2D eigenvalue weighted by Crippen LogP contribution is 2.32. The molecule has 19 heavy (non-hydrogen) atoms. The Morgan fingerprint density at radius 3 is 2.63 bits per heavy atom. The molecule has 2 N–H and O–H groups in total. The molecular weight excluding hydrogens is 264 g/mol. The third-order valence-corrected chi connectivity index (χ3v) is 3.53. The Morgan fingerprint density at radius 1 is 1.37 bits per heavy atom. The van der Waals surface area contributed by atoms with E-state index >= 15 is 0 Å². The molecule has 1 aromatic heterocycles. The number of benzene rings is 1. The number of nitrogens with zero attached hydrogens (tertiary/aromatic N) is 1. The molecule has 0 radical (unpaired) electrons. The van der Waals surface area contributed by atoms with Crippen LogP contribution in [0.15, 0.2) is 46.3 Å². The van der Waals surface area contributed by atoms with Gasteiger partial charge in [0.05, 0.1) is 0 Å². The summed E-state index contributed by atoms with van der Waals surface area (Å²) in [6, 6.07) is 10.2. The van der Waals surface area contributed by atoms with Crippen LogP contribution in [0.3, 0.4) is 0 Å². The maximum atomic E-state index is 11.3. The minimum Gasteiger partial charge on any atom is -0.480 e. The standard InChI is InChI=1S/C13H12N2O3S/c1-8-7-10(16)15-13(14-8)19-11(12(17)18)9-5-3-2-4-6-9/h2-7,11H,1H3,(H,17,18)(H,14,15,16)/t11-/m1/s1. The van der Waals surface area contributed by atoms with Crippen LogP contribution in [-0.2, 0) is 4.79 Å². The van der Waals surface area contributed by atoms with E-state index in [9.17, 15) is 14.7 Å². The molecule has 0 saturated carbocycles. The fraction of sp³-hybridized carbons (Fsp3) is 0.154. The smallest absolute Gasteiger partial charge is 0.321 e. The number of carboxylic acids is 1. The molecule has 1 heterocycles. The second kappa shape index (κ2) is 5.71. The molecule has 0 aliphatic carbocycles. The highest BCUT2D eigenvalue weighted by Gasteiger charge is 2.22. The van der Waals surface area contributed by atoms with Crippen LogP contribution in [-0.4, -0.2) is 21.0 Å². The molecule has 2 rings (SSSR count). The number of carboxylic acid groups (broad SMARTS) is 1. The number of aryl methyl sites for hydroxylation is 1. The zero-order valence-corrected chi connectivity index (χ0v) is 11.0.